The smallest absolute Gasteiger partial charge is 0.309 e. The number of hydrogen-bond donors (Lipinski definition) is 2. The average Bonchev–Trinajstić information content (AvgIpc) is 3.31. The van der Waals surface area contributed by atoms with Crippen LogP contribution in [0.25, 0.3) is 11.8 Å². The summed E-state index contributed by atoms with van der Waals surface area (Å²) in [4.78, 5) is 26.5. The molecule has 42 heavy (non-hydrogen) atoms. The molecule has 9 heteroatoms. The van der Waals surface area contributed by atoms with Crippen LogP contribution in [0.4, 0.5) is 4.39 Å². The molecule has 8 nitrogen and oxygen atoms in total. The van der Waals surface area contributed by atoms with Crippen LogP contribution in [0.1, 0.15) is 84.9 Å². The third-order valence-electron chi connectivity index (χ3n) is 9.25. The van der Waals surface area contributed by atoms with Crippen LogP contribution in [0.2, 0.25) is 0 Å². The summed E-state index contributed by atoms with van der Waals surface area (Å²) in [6, 6.07) is 6.70. The maximum Gasteiger partial charge on any atom is 0.309 e. The van der Waals surface area contributed by atoms with Crippen molar-refractivity contribution in [3.8, 4) is 5.69 Å². The van der Waals surface area contributed by atoms with Gasteiger partial charge in [-0.25, -0.2) is 9.07 Å². The zero-order chi connectivity index (χ0) is 31.0. The number of carbonyl (C=O) groups excluding carboxylic acids is 2. The number of esters is 1. The molecular formula is C33H45FN2O6. The Bertz CT molecular complexity index is 1340. The number of epoxide rings is 1. The van der Waals surface area contributed by atoms with Gasteiger partial charge in [-0.2, -0.15) is 5.10 Å². The summed E-state index contributed by atoms with van der Waals surface area (Å²) in [6.07, 6.45) is 2.92. The van der Waals surface area contributed by atoms with Gasteiger partial charge in [-0.15, -0.1) is 0 Å². The van der Waals surface area contributed by atoms with Gasteiger partial charge in [-0.1, -0.05) is 40.2 Å². The van der Waals surface area contributed by atoms with E-state index in [1.54, 1.807) is 45.2 Å². The van der Waals surface area contributed by atoms with Gasteiger partial charge in [-0.3, -0.25) is 9.59 Å². The normalized spacial score (nSPS) is 33.1. The third-order valence-corrected chi connectivity index (χ3v) is 9.25. The number of rotatable bonds is 3. The second kappa shape index (κ2) is 12.4. The van der Waals surface area contributed by atoms with Crippen molar-refractivity contribution in [2.45, 2.75) is 111 Å². The number of nitrogens with zero attached hydrogens (tertiary/aromatic N) is 2. The number of carbonyl (C=O) groups is 2. The van der Waals surface area contributed by atoms with Gasteiger partial charge in [0.05, 0.1) is 41.4 Å². The molecule has 3 heterocycles. The van der Waals surface area contributed by atoms with Gasteiger partial charge in [0, 0.05) is 18.5 Å². The first-order valence-corrected chi connectivity index (χ1v) is 14.9. The number of aromatic nitrogens is 2. The van der Waals surface area contributed by atoms with Crippen LogP contribution in [-0.2, 0) is 19.1 Å². The predicted molar refractivity (Wildman–Crippen MR) is 157 cm³/mol. The van der Waals surface area contributed by atoms with Crippen molar-refractivity contribution in [1.82, 2.24) is 9.78 Å². The number of benzene rings is 1. The number of cyclic esters (lactones) is 1. The molecule has 2 N–H and O–H groups in total. The fourth-order valence-electron chi connectivity index (χ4n) is 5.97. The summed E-state index contributed by atoms with van der Waals surface area (Å²) in [5, 5.41) is 26.4. The number of fused-ring (bicyclic) bond motifs is 1. The standard InChI is InChI=1S/C33H45FN2O6/c1-19-10-11-25(24(34)15-19)36-14-12-23(35-36)16-21(3)26-17-28-33(7,42-28)13-8-9-20(2)30(39)22(4)31(40)32(5,6)27(37)18-29(38)41-26/h10-12,14-16,20,22,26-28,30,37,39H,8-9,13,17-18H2,1-7H3/b21-16+/t20-,22+,26-,27-,28-,30-,33+/m0/s1. The first-order chi connectivity index (χ1) is 19.6. The molecule has 0 radical (unpaired) electrons. The lowest BCUT2D eigenvalue weighted by molar-refractivity contribution is -0.154. The fraction of sp³-hybridized carbons (Fsp3) is 0.606. The third kappa shape index (κ3) is 7.01. The van der Waals surface area contributed by atoms with E-state index in [2.05, 4.69) is 5.10 Å². The lowest BCUT2D eigenvalue weighted by atomic mass is 9.73. The second-order valence-corrected chi connectivity index (χ2v) is 13.1. The monoisotopic (exact) mass is 584 g/mol. The zero-order valence-corrected chi connectivity index (χ0v) is 25.8. The van der Waals surface area contributed by atoms with Gasteiger partial charge in [0.2, 0.25) is 0 Å². The van der Waals surface area contributed by atoms with Crippen LogP contribution in [0.3, 0.4) is 0 Å². The van der Waals surface area contributed by atoms with Crippen molar-refractivity contribution in [3.05, 3.63) is 53.1 Å². The van der Waals surface area contributed by atoms with E-state index in [9.17, 15) is 24.2 Å². The highest BCUT2D eigenvalue weighted by molar-refractivity contribution is 5.88. The van der Waals surface area contributed by atoms with Crippen LogP contribution in [0.15, 0.2) is 36.0 Å². The topological polar surface area (TPSA) is 114 Å². The Morgan fingerprint density at radius 3 is 2.57 bits per heavy atom. The average molecular weight is 585 g/mol. The van der Waals surface area contributed by atoms with Gasteiger partial charge in [0.1, 0.15) is 23.4 Å². The van der Waals surface area contributed by atoms with Crippen molar-refractivity contribution >= 4 is 17.8 Å². The molecule has 1 aromatic heterocycles. The van der Waals surface area contributed by atoms with E-state index in [1.807, 2.05) is 33.8 Å². The Hall–Kier alpha value is -2.88. The number of hydrogen-bond acceptors (Lipinski definition) is 7. The summed E-state index contributed by atoms with van der Waals surface area (Å²) in [5.74, 6) is -2.11. The second-order valence-electron chi connectivity index (χ2n) is 13.1. The Morgan fingerprint density at radius 1 is 1.17 bits per heavy atom. The molecule has 0 amide bonds. The molecule has 2 saturated heterocycles. The summed E-state index contributed by atoms with van der Waals surface area (Å²) < 4.78 is 28.0. The Labute approximate surface area is 247 Å². The zero-order valence-electron chi connectivity index (χ0n) is 25.8. The van der Waals surface area contributed by atoms with Gasteiger partial charge >= 0.3 is 5.97 Å². The highest BCUT2D eigenvalue weighted by Gasteiger charge is 2.53. The van der Waals surface area contributed by atoms with Gasteiger partial charge < -0.3 is 19.7 Å². The SMILES string of the molecule is C/C(=C\c1ccn(-c2ccc(C)cc2F)n1)[C@@H]1C[C@@H]2O[C@]2(C)CCC[C@H](C)[C@H](O)[C@@H](C)C(=O)C(C)(C)[C@@H](O)CC(=O)O1. The Morgan fingerprint density at radius 2 is 1.88 bits per heavy atom. The van der Waals surface area contributed by atoms with Crippen molar-refractivity contribution in [1.29, 1.82) is 0 Å². The molecule has 2 aliphatic rings. The predicted octanol–water partition coefficient (Wildman–Crippen LogP) is 5.35. The van der Waals surface area contributed by atoms with E-state index in [4.69, 9.17) is 9.47 Å². The van der Waals surface area contributed by atoms with Gasteiger partial charge in [0.25, 0.3) is 0 Å². The lowest BCUT2D eigenvalue weighted by Crippen LogP contribution is -2.45. The number of ketones is 1. The molecule has 0 aliphatic carbocycles. The van der Waals surface area contributed by atoms with Crippen LogP contribution in [-0.4, -0.2) is 61.8 Å². The van der Waals surface area contributed by atoms with E-state index >= 15 is 0 Å². The first kappa shape index (κ1) is 32.0. The molecule has 2 aromatic rings. The molecule has 0 saturated carbocycles. The Kier molecular flexibility index (Phi) is 9.45. The number of aryl methyl sites for hydroxylation is 1. The van der Waals surface area contributed by atoms with E-state index in [1.165, 1.54) is 10.7 Å². The first-order valence-electron chi connectivity index (χ1n) is 14.9. The maximum absolute atomic E-state index is 14.5. The quantitative estimate of drug-likeness (QED) is 0.370. The molecule has 0 unspecified atom stereocenters. The van der Waals surface area contributed by atoms with Crippen molar-refractivity contribution in [3.63, 3.8) is 0 Å². The molecule has 230 valence electrons. The summed E-state index contributed by atoms with van der Waals surface area (Å²) in [6.45, 7) is 12.5. The largest absolute Gasteiger partial charge is 0.458 e. The number of aliphatic hydroxyl groups is 2. The van der Waals surface area contributed by atoms with Gasteiger partial charge in [0.15, 0.2) is 0 Å². The van der Waals surface area contributed by atoms with Crippen molar-refractivity contribution in [2.24, 2.45) is 17.3 Å². The Balaban J connectivity index is 1.58. The van der Waals surface area contributed by atoms with E-state index in [0.29, 0.717) is 17.8 Å². The van der Waals surface area contributed by atoms with Crippen molar-refractivity contribution in [2.75, 3.05) is 0 Å². The molecule has 2 aliphatic heterocycles. The molecule has 4 rings (SSSR count). The molecule has 2 fully saturated rings. The molecule has 0 bridgehead atoms. The van der Waals surface area contributed by atoms with Crippen LogP contribution in [0, 0.1) is 30.0 Å². The minimum absolute atomic E-state index is 0.110. The van der Waals surface area contributed by atoms with Crippen molar-refractivity contribution < 1.29 is 33.7 Å². The summed E-state index contributed by atoms with van der Waals surface area (Å²) >= 11 is 0. The maximum atomic E-state index is 14.5. The number of Topliss-reactive ketones (excluding diaryl/α,β-unsaturated/α-hetero) is 1. The number of ether oxygens (including phenoxy) is 2. The fourth-order valence-corrected chi connectivity index (χ4v) is 5.97. The highest BCUT2D eigenvalue weighted by Crippen LogP contribution is 2.45. The molecule has 7 atom stereocenters. The molecule has 1 aromatic carbocycles. The van der Waals surface area contributed by atoms with Crippen LogP contribution in [0.5, 0.6) is 0 Å². The minimum atomic E-state index is -1.29. The number of halogens is 1. The summed E-state index contributed by atoms with van der Waals surface area (Å²) in [7, 11) is 0. The van der Waals surface area contributed by atoms with E-state index in [0.717, 1.165) is 30.4 Å². The van der Waals surface area contributed by atoms with E-state index in [-0.39, 0.29) is 35.6 Å². The van der Waals surface area contributed by atoms with Crippen LogP contribution < -0.4 is 0 Å². The van der Waals surface area contributed by atoms with E-state index < -0.39 is 35.6 Å². The van der Waals surface area contributed by atoms with Crippen LogP contribution >= 0.6 is 0 Å². The molecular weight excluding hydrogens is 539 g/mol. The lowest BCUT2D eigenvalue weighted by Gasteiger charge is -2.34. The summed E-state index contributed by atoms with van der Waals surface area (Å²) in [5.41, 5.74) is 0.816. The van der Waals surface area contributed by atoms with Gasteiger partial charge in [-0.05, 0) is 74.9 Å². The minimum Gasteiger partial charge on any atom is -0.458 e. The highest BCUT2D eigenvalue weighted by atomic mass is 19.1. The molecule has 0 spiro atoms. The number of aliphatic hydroxyl groups excluding tert-OH is 2.